The number of nitrogen functional groups attached to an aromatic ring is 1. The van der Waals surface area contributed by atoms with Gasteiger partial charge in [-0.3, -0.25) is 0 Å². The SMILES string of the molecule is C[C@@H]1C[C@H](F)[C@H](Cn2cnc3c(N)ncnc32)O1. The predicted octanol–water partition coefficient (Wildman–Crippen LogP) is 0.924. The number of alkyl halides is 1. The first-order valence-corrected chi connectivity index (χ1v) is 5.86. The zero-order valence-electron chi connectivity index (χ0n) is 9.95. The summed E-state index contributed by atoms with van der Waals surface area (Å²) in [5.74, 6) is 0.330. The highest BCUT2D eigenvalue weighted by Crippen LogP contribution is 2.25. The first-order valence-electron chi connectivity index (χ1n) is 5.86. The second-order valence-corrected chi connectivity index (χ2v) is 4.56. The Morgan fingerprint density at radius 1 is 1.50 bits per heavy atom. The fourth-order valence-electron chi connectivity index (χ4n) is 2.29. The van der Waals surface area contributed by atoms with Gasteiger partial charge in [-0.25, -0.2) is 19.3 Å². The predicted molar refractivity (Wildman–Crippen MR) is 63.6 cm³/mol. The van der Waals surface area contributed by atoms with Crippen LogP contribution in [-0.2, 0) is 11.3 Å². The Morgan fingerprint density at radius 3 is 3.06 bits per heavy atom. The maximum atomic E-state index is 13.7. The van der Waals surface area contributed by atoms with E-state index in [0.717, 1.165) is 0 Å². The third-order valence-corrected chi connectivity index (χ3v) is 3.17. The van der Waals surface area contributed by atoms with Crippen LogP contribution in [-0.4, -0.2) is 37.9 Å². The van der Waals surface area contributed by atoms with E-state index in [1.165, 1.54) is 6.33 Å². The number of hydrogen-bond donors (Lipinski definition) is 1. The van der Waals surface area contributed by atoms with E-state index in [1.54, 1.807) is 10.9 Å². The molecule has 0 amide bonds. The first-order chi connectivity index (χ1) is 8.65. The molecule has 0 radical (unpaired) electrons. The van der Waals surface area contributed by atoms with Crippen LogP contribution in [0.25, 0.3) is 11.2 Å². The van der Waals surface area contributed by atoms with Crippen molar-refractivity contribution in [3.05, 3.63) is 12.7 Å². The molecule has 3 atom stereocenters. The van der Waals surface area contributed by atoms with Gasteiger partial charge in [-0.1, -0.05) is 0 Å². The van der Waals surface area contributed by atoms with E-state index in [4.69, 9.17) is 10.5 Å². The second kappa shape index (κ2) is 4.16. The lowest BCUT2D eigenvalue weighted by atomic mass is 10.2. The van der Waals surface area contributed by atoms with Crippen LogP contribution >= 0.6 is 0 Å². The molecule has 3 rings (SSSR count). The van der Waals surface area contributed by atoms with E-state index in [1.807, 2.05) is 6.92 Å². The van der Waals surface area contributed by atoms with Crippen molar-refractivity contribution in [2.24, 2.45) is 0 Å². The summed E-state index contributed by atoms with van der Waals surface area (Å²) in [5, 5.41) is 0. The third kappa shape index (κ3) is 1.80. The summed E-state index contributed by atoms with van der Waals surface area (Å²) < 4.78 is 21.0. The Hall–Kier alpha value is -1.76. The lowest BCUT2D eigenvalue weighted by Gasteiger charge is -2.13. The van der Waals surface area contributed by atoms with Crippen LogP contribution in [0.4, 0.5) is 10.2 Å². The van der Waals surface area contributed by atoms with Gasteiger partial charge in [-0.05, 0) is 6.92 Å². The fourth-order valence-corrected chi connectivity index (χ4v) is 2.29. The molecule has 1 fully saturated rings. The van der Waals surface area contributed by atoms with Gasteiger partial charge in [-0.15, -0.1) is 0 Å². The minimum absolute atomic E-state index is 0.0421. The number of nitrogens with two attached hydrogens (primary N) is 1. The van der Waals surface area contributed by atoms with Crippen molar-refractivity contribution in [3.8, 4) is 0 Å². The van der Waals surface area contributed by atoms with Gasteiger partial charge in [0.05, 0.1) is 19.0 Å². The minimum Gasteiger partial charge on any atom is -0.382 e. The average molecular weight is 251 g/mol. The maximum Gasteiger partial charge on any atom is 0.165 e. The van der Waals surface area contributed by atoms with E-state index < -0.39 is 12.3 Å². The van der Waals surface area contributed by atoms with Gasteiger partial charge in [0, 0.05) is 6.42 Å². The van der Waals surface area contributed by atoms with Crippen molar-refractivity contribution in [3.63, 3.8) is 0 Å². The van der Waals surface area contributed by atoms with Crippen molar-refractivity contribution >= 4 is 17.0 Å². The summed E-state index contributed by atoms with van der Waals surface area (Å²) in [4.78, 5) is 12.1. The monoisotopic (exact) mass is 251 g/mol. The molecule has 96 valence electrons. The Balaban J connectivity index is 1.89. The molecule has 0 unspecified atom stereocenters. The molecule has 2 N–H and O–H groups in total. The number of hydrogen-bond acceptors (Lipinski definition) is 5. The van der Waals surface area contributed by atoms with Gasteiger partial charge in [0.1, 0.15) is 24.1 Å². The summed E-state index contributed by atoms with van der Waals surface area (Å²) in [6, 6.07) is 0. The van der Waals surface area contributed by atoms with Gasteiger partial charge in [0.15, 0.2) is 11.5 Å². The maximum absolute atomic E-state index is 13.7. The summed E-state index contributed by atoms with van der Waals surface area (Å²) >= 11 is 0. The van der Waals surface area contributed by atoms with Crippen molar-refractivity contribution in [1.82, 2.24) is 19.5 Å². The van der Waals surface area contributed by atoms with Crippen LogP contribution in [0.15, 0.2) is 12.7 Å². The summed E-state index contributed by atoms with van der Waals surface area (Å²) in [7, 11) is 0. The molecule has 2 aromatic heterocycles. The van der Waals surface area contributed by atoms with Crippen LogP contribution in [0.5, 0.6) is 0 Å². The molecule has 1 aliphatic heterocycles. The van der Waals surface area contributed by atoms with E-state index in [0.29, 0.717) is 29.9 Å². The Kier molecular flexibility index (Phi) is 2.62. The molecule has 0 aromatic carbocycles. The highest BCUT2D eigenvalue weighted by molar-refractivity contribution is 5.81. The lowest BCUT2D eigenvalue weighted by Crippen LogP contribution is -2.23. The Bertz CT molecular complexity index is 572. The van der Waals surface area contributed by atoms with Crippen LogP contribution in [0.2, 0.25) is 0 Å². The van der Waals surface area contributed by atoms with Gasteiger partial charge in [-0.2, -0.15) is 0 Å². The average Bonchev–Trinajstić information content (AvgIpc) is 2.86. The fraction of sp³-hybridized carbons (Fsp3) is 0.545. The molecular formula is C11H14FN5O. The first kappa shape index (κ1) is 11.3. The molecule has 2 aromatic rings. The largest absolute Gasteiger partial charge is 0.382 e. The topological polar surface area (TPSA) is 78.9 Å². The van der Waals surface area contributed by atoms with E-state index in [9.17, 15) is 4.39 Å². The minimum atomic E-state index is -0.948. The van der Waals surface area contributed by atoms with E-state index in [2.05, 4.69) is 15.0 Å². The molecule has 0 saturated carbocycles. The van der Waals surface area contributed by atoms with Gasteiger partial charge >= 0.3 is 0 Å². The number of ether oxygens (including phenoxy) is 1. The van der Waals surface area contributed by atoms with Gasteiger partial charge in [0.25, 0.3) is 0 Å². The Labute approximate surface area is 103 Å². The van der Waals surface area contributed by atoms with Crippen molar-refractivity contribution in [1.29, 1.82) is 0 Å². The number of aromatic nitrogens is 4. The van der Waals surface area contributed by atoms with E-state index in [-0.39, 0.29) is 6.10 Å². The highest BCUT2D eigenvalue weighted by Gasteiger charge is 2.33. The standard InChI is InChI=1S/C11H14FN5O/c1-6-2-7(12)8(18-6)3-17-5-16-9-10(13)14-4-15-11(9)17/h4-8H,2-3H2,1H3,(H2,13,14,15)/t6-,7+,8+/m1/s1. The third-order valence-electron chi connectivity index (χ3n) is 3.17. The molecule has 1 saturated heterocycles. The molecule has 1 aliphatic rings. The molecule has 0 aliphatic carbocycles. The molecule has 6 nitrogen and oxygen atoms in total. The number of fused-ring (bicyclic) bond motifs is 1. The second-order valence-electron chi connectivity index (χ2n) is 4.56. The van der Waals surface area contributed by atoms with Crippen molar-refractivity contribution in [2.45, 2.75) is 38.3 Å². The van der Waals surface area contributed by atoms with Crippen LogP contribution < -0.4 is 5.73 Å². The smallest absolute Gasteiger partial charge is 0.165 e. The number of anilines is 1. The van der Waals surface area contributed by atoms with Crippen LogP contribution in [0.3, 0.4) is 0 Å². The van der Waals surface area contributed by atoms with Crippen molar-refractivity contribution in [2.75, 3.05) is 5.73 Å². The number of nitrogens with zero attached hydrogens (tertiary/aromatic N) is 4. The summed E-state index contributed by atoms with van der Waals surface area (Å²) in [6.07, 6.45) is 1.97. The summed E-state index contributed by atoms with van der Waals surface area (Å²) in [5.41, 5.74) is 6.84. The quantitative estimate of drug-likeness (QED) is 0.858. The molecule has 7 heteroatoms. The number of halogens is 1. The van der Waals surface area contributed by atoms with Crippen LogP contribution in [0, 0.1) is 0 Å². The molecule has 0 bridgehead atoms. The Morgan fingerprint density at radius 2 is 2.33 bits per heavy atom. The van der Waals surface area contributed by atoms with Gasteiger partial charge in [0.2, 0.25) is 0 Å². The highest BCUT2D eigenvalue weighted by atomic mass is 19.1. The van der Waals surface area contributed by atoms with E-state index >= 15 is 0 Å². The molecular weight excluding hydrogens is 237 g/mol. The lowest BCUT2D eigenvalue weighted by molar-refractivity contribution is 0.0270. The zero-order chi connectivity index (χ0) is 12.7. The molecule has 18 heavy (non-hydrogen) atoms. The summed E-state index contributed by atoms with van der Waals surface area (Å²) in [6.45, 7) is 2.26. The molecule has 0 spiro atoms. The normalized spacial score (nSPS) is 28.0. The number of imidazole rings is 1. The molecule has 3 heterocycles. The van der Waals surface area contributed by atoms with Gasteiger partial charge < -0.3 is 15.0 Å². The number of rotatable bonds is 2. The zero-order valence-corrected chi connectivity index (χ0v) is 9.95. The van der Waals surface area contributed by atoms with Crippen LogP contribution in [0.1, 0.15) is 13.3 Å². The van der Waals surface area contributed by atoms with Crippen molar-refractivity contribution < 1.29 is 9.13 Å².